The highest BCUT2D eigenvalue weighted by molar-refractivity contribution is 7.16. The van der Waals surface area contributed by atoms with Gasteiger partial charge in [0.2, 0.25) is 0 Å². The van der Waals surface area contributed by atoms with Crippen molar-refractivity contribution < 1.29 is 0 Å². The van der Waals surface area contributed by atoms with E-state index in [4.69, 9.17) is 0 Å². The first-order valence-corrected chi connectivity index (χ1v) is 7.25. The van der Waals surface area contributed by atoms with Gasteiger partial charge in [-0.15, -0.1) is 22.7 Å². The molecule has 0 amide bonds. The van der Waals surface area contributed by atoms with Crippen LogP contribution in [0.5, 0.6) is 0 Å². The Morgan fingerprint density at radius 1 is 1.44 bits per heavy atom. The maximum absolute atomic E-state index is 4.66. The van der Waals surface area contributed by atoms with E-state index in [2.05, 4.69) is 34.7 Å². The van der Waals surface area contributed by atoms with Crippen LogP contribution in [0.25, 0.3) is 10.6 Å². The van der Waals surface area contributed by atoms with Crippen molar-refractivity contribution in [3.63, 3.8) is 0 Å². The minimum Gasteiger partial charge on any atom is -0.308 e. The molecule has 2 aromatic heterocycles. The maximum atomic E-state index is 4.66. The van der Waals surface area contributed by atoms with Gasteiger partial charge in [0.15, 0.2) is 0 Å². The van der Waals surface area contributed by atoms with Crippen molar-refractivity contribution in [1.82, 2.24) is 10.3 Å². The molecule has 0 saturated heterocycles. The highest BCUT2D eigenvalue weighted by atomic mass is 32.1. The van der Waals surface area contributed by atoms with Crippen LogP contribution in [0.2, 0.25) is 0 Å². The van der Waals surface area contributed by atoms with Gasteiger partial charge in [0.1, 0.15) is 5.01 Å². The van der Waals surface area contributed by atoms with E-state index in [0.29, 0.717) is 0 Å². The van der Waals surface area contributed by atoms with Gasteiger partial charge in [0.25, 0.3) is 0 Å². The molecule has 3 rings (SSSR count). The van der Waals surface area contributed by atoms with Crippen LogP contribution in [0.1, 0.15) is 22.7 Å². The van der Waals surface area contributed by atoms with Crippen LogP contribution < -0.4 is 5.32 Å². The smallest absolute Gasteiger partial charge is 0.107 e. The zero-order valence-electron chi connectivity index (χ0n) is 9.19. The van der Waals surface area contributed by atoms with Gasteiger partial charge in [-0.1, -0.05) is 0 Å². The first kappa shape index (κ1) is 10.4. The Hall–Kier alpha value is -0.710. The summed E-state index contributed by atoms with van der Waals surface area (Å²) in [5, 5.41) is 6.86. The van der Waals surface area contributed by atoms with E-state index in [0.717, 1.165) is 18.3 Å². The molecule has 0 bridgehead atoms. The lowest BCUT2D eigenvalue weighted by Gasteiger charge is -1.96. The molecule has 1 saturated carbocycles. The van der Waals surface area contributed by atoms with Crippen molar-refractivity contribution in [3.05, 3.63) is 27.4 Å². The molecule has 16 heavy (non-hydrogen) atoms. The van der Waals surface area contributed by atoms with E-state index in [1.807, 2.05) is 11.3 Å². The summed E-state index contributed by atoms with van der Waals surface area (Å²) in [7, 11) is 0. The molecule has 1 aliphatic carbocycles. The number of hydrogen-bond donors (Lipinski definition) is 1. The quantitative estimate of drug-likeness (QED) is 0.899. The van der Waals surface area contributed by atoms with E-state index in [1.54, 1.807) is 11.3 Å². The van der Waals surface area contributed by atoms with E-state index in [-0.39, 0.29) is 0 Å². The highest BCUT2D eigenvalue weighted by Gasteiger charge is 2.20. The topological polar surface area (TPSA) is 24.9 Å². The molecule has 4 heteroatoms. The molecule has 0 radical (unpaired) electrons. The second-order valence-corrected chi connectivity index (χ2v) is 6.42. The van der Waals surface area contributed by atoms with Crippen molar-refractivity contribution in [3.8, 4) is 10.6 Å². The first-order valence-electron chi connectivity index (χ1n) is 5.56. The molecule has 0 aliphatic heterocycles. The van der Waals surface area contributed by atoms with E-state index in [9.17, 15) is 0 Å². The zero-order valence-corrected chi connectivity index (χ0v) is 10.8. The molecule has 2 aromatic rings. The van der Waals surface area contributed by atoms with Gasteiger partial charge in [-0.2, -0.15) is 0 Å². The van der Waals surface area contributed by atoms with Gasteiger partial charge >= 0.3 is 0 Å². The third kappa shape index (κ3) is 2.34. The monoisotopic (exact) mass is 250 g/mol. The maximum Gasteiger partial charge on any atom is 0.107 e. The minimum absolute atomic E-state index is 0.760. The number of nitrogens with one attached hydrogen (secondary N) is 1. The van der Waals surface area contributed by atoms with E-state index >= 15 is 0 Å². The Balaban J connectivity index is 1.71. The molecule has 0 spiro atoms. The average Bonchev–Trinajstić information content (AvgIpc) is 2.81. The van der Waals surface area contributed by atoms with Crippen molar-refractivity contribution in [2.45, 2.75) is 32.4 Å². The Morgan fingerprint density at radius 2 is 2.31 bits per heavy atom. The van der Waals surface area contributed by atoms with Crippen molar-refractivity contribution in [2.75, 3.05) is 0 Å². The predicted molar refractivity (Wildman–Crippen MR) is 70.0 cm³/mol. The minimum atomic E-state index is 0.760. The van der Waals surface area contributed by atoms with Crippen molar-refractivity contribution >= 4 is 22.7 Å². The fourth-order valence-electron chi connectivity index (χ4n) is 1.60. The zero-order chi connectivity index (χ0) is 11.0. The SMILES string of the molecule is Cc1ccc(-c2csc(CNC3CC3)n2)s1. The van der Waals surface area contributed by atoms with Crippen LogP contribution in [-0.2, 0) is 6.54 Å². The predicted octanol–water partition coefficient (Wildman–Crippen LogP) is 3.43. The molecule has 1 fully saturated rings. The summed E-state index contributed by atoms with van der Waals surface area (Å²) in [4.78, 5) is 7.29. The number of nitrogens with zero attached hydrogens (tertiary/aromatic N) is 1. The number of thiophene rings is 1. The Bertz CT molecular complexity index is 483. The summed E-state index contributed by atoms with van der Waals surface area (Å²) < 4.78 is 0. The lowest BCUT2D eigenvalue weighted by molar-refractivity contribution is 0.685. The van der Waals surface area contributed by atoms with E-state index in [1.165, 1.54) is 27.6 Å². The van der Waals surface area contributed by atoms with Gasteiger partial charge in [-0.3, -0.25) is 0 Å². The summed E-state index contributed by atoms with van der Waals surface area (Å²) in [6.07, 6.45) is 2.67. The first-order chi connectivity index (χ1) is 7.81. The Labute approximate surface area is 103 Å². The van der Waals surface area contributed by atoms with Gasteiger partial charge in [0, 0.05) is 22.8 Å². The third-order valence-corrected chi connectivity index (χ3v) is 4.54. The molecule has 1 aliphatic rings. The van der Waals surface area contributed by atoms with Crippen LogP contribution in [0.3, 0.4) is 0 Å². The number of aryl methyl sites for hydroxylation is 1. The normalized spacial score (nSPS) is 15.6. The summed E-state index contributed by atoms with van der Waals surface area (Å²) in [6, 6.07) is 5.07. The highest BCUT2D eigenvalue weighted by Crippen LogP contribution is 2.29. The number of aromatic nitrogens is 1. The molecular weight excluding hydrogens is 236 g/mol. The summed E-state index contributed by atoms with van der Waals surface area (Å²) in [5.74, 6) is 0. The fraction of sp³-hybridized carbons (Fsp3) is 0.417. The van der Waals surface area contributed by atoms with Gasteiger partial charge in [-0.25, -0.2) is 4.98 Å². The number of thiazole rings is 1. The average molecular weight is 250 g/mol. The Morgan fingerprint density at radius 3 is 3.00 bits per heavy atom. The summed E-state index contributed by atoms with van der Waals surface area (Å²) >= 11 is 3.57. The van der Waals surface area contributed by atoms with Crippen LogP contribution >= 0.6 is 22.7 Å². The Kier molecular flexibility index (Phi) is 2.79. The van der Waals surface area contributed by atoms with Crippen molar-refractivity contribution in [1.29, 1.82) is 0 Å². The van der Waals surface area contributed by atoms with Crippen LogP contribution in [0.4, 0.5) is 0 Å². The molecular formula is C12H14N2S2. The van der Waals surface area contributed by atoms with Crippen LogP contribution in [0, 0.1) is 6.92 Å². The number of rotatable bonds is 4. The second kappa shape index (κ2) is 4.28. The summed E-state index contributed by atoms with van der Waals surface area (Å²) in [6.45, 7) is 3.07. The van der Waals surface area contributed by atoms with Gasteiger partial charge < -0.3 is 5.32 Å². The molecule has 2 heterocycles. The fourth-order valence-corrected chi connectivity index (χ4v) is 3.24. The van der Waals surface area contributed by atoms with Gasteiger partial charge in [0.05, 0.1) is 10.6 Å². The lowest BCUT2D eigenvalue weighted by atomic mass is 10.4. The largest absolute Gasteiger partial charge is 0.308 e. The van der Waals surface area contributed by atoms with Crippen LogP contribution in [0.15, 0.2) is 17.5 Å². The van der Waals surface area contributed by atoms with Crippen molar-refractivity contribution in [2.24, 2.45) is 0 Å². The second-order valence-electron chi connectivity index (χ2n) is 4.19. The molecule has 0 aromatic carbocycles. The van der Waals surface area contributed by atoms with Crippen LogP contribution in [-0.4, -0.2) is 11.0 Å². The molecule has 0 atom stereocenters. The van der Waals surface area contributed by atoms with E-state index < -0.39 is 0 Å². The summed E-state index contributed by atoms with van der Waals surface area (Å²) in [5.41, 5.74) is 1.13. The van der Waals surface area contributed by atoms with Gasteiger partial charge in [-0.05, 0) is 31.9 Å². The molecule has 1 N–H and O–H groups in total. The lowest BCUT2D eigenvalue weighted by Crippen LogP contribution is -2.14. The molecule has 2 nitrogen and oxygen atoms in total. The molecule has 84 valence electrons. The number of hydrogen-bond acceptors (Lipinski definition) is 4. The molecule has 0 unspecified atom stereocenters. The standard InChI is InChI=1S/C12H14N2S2/c1-8-2-5-11(16-8)10-7-15-12(14-10)6-13-9-3-4-9/h2,5,7,9,13H,3-4,6H2,1H3. The third-order valence-electron chi connectivity index (χ3n) is 2.66.